The molecule has 0 aliphatic rings. The van der Waals surface area contributed by atoms with E-state index in [2.05, 4.69) is 33.3 Å². The van der Waals surface area contributed by atoms with Gasteiger partial charge in [0.1, 0.15) is 0 Å². The topological polar surface area (TPSA) is 39.1 Å². The van der Waals surface area contributed by atoms with E-state index in [0.29, 0.717) is 12.5 Å². The number of rotatable bonds is 8. The third-order valence-electron chi connectivity index (χ3n) is 2.84. The zero-order valence-corrected chi connectivity index (χ0v) is 13.5. The van der Waals surface area contributed by atoms with Gasteiger partial charge in [0.2, 0.25) is 0 Å². The van der Waals surface area contributed by atoms with Gasteiger partial charge >= 0.3 is 0 Å². The Morgan fingerprint density at radius 1 is 1.56 bits per heavy atom. The summed E-state index contributed by atoms with van der Waals surface area (Å²) in [4.78, 5) is 0. The number of hydrogen-bond acceptors (Lipinski definition) is 3. The van der Waals surface area contributed by atoms with E-state index in [-0.39, 0.29) is 6.04 Å². The molecule has 0 radical (unpaired) electrons. The normalized spacial score (nSPS) is 12.9. The zero-order chi connectivity index (χ0) is 13.5. The summed E-state index contributed by atoms with van der Waals surface area (Å²) in [6.45, 7) is 6.40. The molecule has 1 unspecified atom stereocenters. The largest absolute Gasteiger partial charge is 0.383 e. The van der Waals surface area contributed by atoms with Crippen molar-refractivity contribution in [2.45, 2.75) is 39.4 Å². The molecular formula is C12H21BrClN3O. The van der Waals surface area contributed by atoms with Gasteiger partial charge in [0.05, 0.1) is 22.5 Å². The van der Waals surface area contributed by atoms with Gasteiger partial charge in [-0.25, -0.2) is 0 Å². The monoisotopic (exact) mass is 337 g/mol. The summed E-state index contributed by atoms with van der Waals surface area (Å²) in [5.41, 5.74) is 2.19. The molecule has 0 spiro atoms. The number of nitrogens with one attached hydrogen (secondary N) is 1. The summed E-state index contributed by atoms with van der Waals surface area (Å²) in [5.74, 6) is 0.633. The second-order valence-corrected chi connectivity index (χ2v) is 5.34. The molecule has 1 heterocycles. The summed E-state index contributed by atoms with van der Waals surface area (Å²) in [5, 5.41) is 7.94. The molecule has 6 heteroatoms. The predicted octanol–water partition coefficient (Wildman–Crippen LogP) is 2.71. The molecular weight excluding hydrogens is 318 g/mol. The maximum Gasteiger partial charge on any atom is 0.0739 e. The average molecular weight is 339 g/mol. The molecule has 1 atom stereocenters. The highest BCUT2D eigenvalue weighted by Crippen LogP contribution is 2.21. The molecule has 104 valence electrons. The molecule has 0 saturated carbocycles. The average Bonchev–Trinajstić information content (AvgIpc) is 2.63. The lowest BCUT2D eigenvalue weighted by Gasteiger charge is -2.17. The highest BCUT2D eigenvalue weighted by atomic mass is 79.9. The van der Waals surface area contributed by atoms with Crippen molar-refractivity contribution in [3.63, 3.8) is 0 Å². The number of methoxy groups -OCH3 is 1. The van der Waals surface area contributed by atoms with E-state index in [0.717, 1.165) is 29.7 Å². The maximum atomic E-state index is 5.79. The minimum absolute atomic E-state index is 0.278. The van der Waals surface area contributed by atoms with Gasteiger partial charge in [0.25, 0.3) is 0 Å². The van der Waals surface area contributed by atoms with Gasteiger partial charge in [-0.2, -0.15) is 5.10 Å². The fraction of sp³-hybridized carbons (Fsp3) is 0.750. The van der Waals surface area contributed by atoms with Crippen LogP contribution >= 0.6 is 27.5 Å². The van der Waals surface area contributed by atoms with Gasteiger partial charge in [0, 0.05) is 32.1 Å². The molecule has 0 aliphatic carbocycles. The van der Waals surface area contributed by atoms with Crippen molar-refractivity contribution in [1.29, 1.82) is 0 Å². The van der Waals surface area contributed by atoms with E-state index < -0.39 is 0 Å². The van der Waals surface area contributed by atoms with Crippen LogP contribution in [0.5, 0.6) is 0 Å². The minimum atomic E-state index is 0.278. The third kappa shape index (κ3) is 4.23. The van der Waals surface area contributed by atoms with E-state index in [1.807, 2.05) is 11.6 Å². The fourth-order valence-corrected chi connectivity index (χ4v) is 2.54. The van der Waals surface area contributed by atoms with Crippen LogP contribution in [0.4, 0.5) is 0 Å². The number of ether oxygens (including phenoxy) is 1. The molecule has 1 aromatic heterocycles. The van der Waals surface area contributed by atoms with Crippen molar-refractivity contribution >= 4 is 27.5 Å². The Hall–Kier alpha value is -0.100. The molecule has 1 aromatic rings. The first-order valence-corrected chi connectivity index (χ1v) is 7.46. The van der Waals surface area contributed by atoms with E-state index in [1.54, 1.807) is 7.11 Å². The first kappa shape index (κ1) is 16.0. The molecule has 0 amide bonds. The van der Waals surface area contributed by atoms with Crippen LogP contribution in [0.2, 0.25) is 0 Å². The van der Waals surface area contributed by atoms with Crippen LogP contribution in [0.15, 0.2) is 4.47 Å². The summed E-state index contributed by atoms with van der Waals surface area (Å²) in [6.07, 6.45) is 0.895. The summed E-state index contributed by atoms with van der Waals surface area (Å²) < 4.78 is 8.27. The second kappa shape index (κ2) is 8.15. The van der Waals surface area contributed by atoms with Crippen molar-refractivity contribution in [1.82, 2.24) is 15.1 Å². The predicted molar refractivity (Wildman–Crippen MR) is 78.2 cm³/mol. The second-order valence-electron chi connectivity index (χ2n) is 4.17. The van der Waals surface area contributed by atoms with Crippen LogP contribution in [0.25, 0.3) is 0 Å². The van der Waals surface area contributed by atoms with Gasteiger partial charge in [-0.15, -0.1) is 11.6 Å². The number of nitrogens with zero attached hydrogens (tertiary/aromatic N) is 2. The standard InChI is InChI=1S/C12H21BrClN3O/c1-4-17-11(12(13)9(2)16-17)7-15-10(5-6-14)8-18-3/h10,15H,4-8H2,1-3H3. The number of aromatic nitrogens is 2. The van der Waals surface area contributed by atoms with Gasteiger partial charge in [-0.3, -0.25) is 4.68 Å². The van der Waals surface area contributed by atoms with Crippen molar-refractivity contribution in [3.8, 4) is 0 Å². The molecule has 1 N–H and O–H groups in total. The smallest absolute Gasteiger partial charge is 0.0739 e. The van der Waals surface area contributed by atoms with Gasteiger partial charge in [0.15, 0.2) is 0 Å². The van der Waals surface area contributed by atoms with Gasteiger partial charge < -0.3 is 10.1 Å². The minimum Gasteiger partial charge on any atom is -0.383 e. The lowest BCUT2D eigenvalue weighted by molar-refractivity contribution is 0.163. The SMILES string of the molecule is CCn1nc(C)c(Br)c1CNC(CCCl)COC. The Kier molecular flexibility index (Phi) is 7.22. The van der Waals surface area contributed by atoms with E-state index in [4.69, 9.17) is 16.3 Å². The van der Waals surface area contributed by atoms with Crippen molar-refractivity contribution in [2.75, 3.05) is 19.6 Å². The quantitative estimate of drug-likeness (QED) is 0.741. The summed E-state index contributed by atoms with van der Waals surface area (Å²) in [6, 6.07) is 0.278. The van der Waals surface area contributed by atoms with Crippen molar-refractivity contribution in [2.24, 2.45) is 0 Å². The zero-order valence-electron chi connectivity index (χ0n) is 11.2. The van der Waals surface area contributed by atoms with Crippen molar-refractivity contribution in [3.05, 3.63) is 15.9 Å². The van der Waals surface area contributed by atoms with Gasteiger partial charge in [-0.1, -0.05) is 0 Å². The van der Waals surface area contributed by atoms with Crippen LogP contribution < -0.4 is 5.32 Å². The first-order valence-electron chi connectivity index (χ1n) is 6.14. The number of halogens is 2. The van der Waals surface area contributed by atoms with E-state index >= 15 is 0 Å². The molecule has 0 saturated heterocycles. The molecule has 18 heavy (non-hydrogen) atoms. The highest BCUT2D eigenvalue weighted by Gasteiger charge is 2.14. The van der Waals surface area contributed by atoms with Crippen LogP contribution in [0.3, 0.4) is 0 Å². The Bertz CT molecular complexity index is 364. The maximum absolute atomic E-state index is 5.79. The Morgan fingerprint density at radius 3 is 2.83 bits per heavy atom. The lowest BCUT2D eigenvalue weighted by Crippen LogP contribution is -2.34. The van der Waals surface area contributed by atoms with Crippen molar-refractivity contribution < 1.29 is 4.74 Å². The Labute approximate surface area is 122 Å². The molecule has 0 bridgehead atoms. The fourth-order valence-electron chi connectivity index (χ4n) is 1.86. The molecule has 0 aromatic carbocycles. The van der Waals surface area contributed by atoms with E-state index in [9.17, 15) is 0 Å². The van der Waals surface area contributed by atoms with Crippen LogP contribution in [-0.4, -0.2) is 35.4 Å². The Balaban J connectivity index is 2.66. The highest BCUT2D eigenvalue weighted by molar-refractivity contribution is 9.10. The lowest BCUT2D eigenvalue weighted by atomic mass is 10.2. The number of alkyl halides is 1. The summed E-state index contributed by atoms with van der Waals surface area (Å²) in [7, 11) is 1.71. The molecule has 0 aliphatic heterocycles. The third-order valence-corrected chi connectivity index (χ3v) is 4.09. The number of aryl methyl sites for hydroxylation is 2. The van der Waals surface area contributed by atoms with Crippen LogP contribution in [0.1, 0.15) is 24.7 Å². The number of hydrogen-bond donors (Lipinski definition) is 1. The molecule has 4 nitrogen and oxygen atoms in total. The molecule has 1 rings (SSSR count). The summed E-state index contributed by atoms with van der Waals surface area (Å²) >= 11 is 9.37. The van der Waals surface area contributed by atoms with Gasteiger partial charge in [-0.05, 0) is 36.2 Å². The van der Waals surface area contributed by atoms with Crippen LogP contribution in [-0.2, 0) is 17.8 Å². The Morgan fingerprint density at radius 2 is 2.28 bits per heavy atom. The molecule has 0 fully saturated rings. The van der Waals surface area contributed by atoms with Crippen LogP contribution in [0, 0.1) is 6.92 Å². The van der Waals surface area contributed by atoms with E-state index in [1.165, 1.54) is 5.69 Å². The first-order chi connectivity index (χ1) is 8.63.